The summed E-state index contributed by atoms with van der Waals surface area (Å²) >= 11 is 0. The van der Waals surface area contributed by atoms with Crippen LogP contribution in [0.2, 0.25) is 0 Å². The minimum Gasteiger partial charge on any atom is -0.480 e. The Kier molecular flexibility index (Phi) is 7.30. The van der Waals surface area contributed by atoms with Crippen LogP contribution in [0.4, 0.5) is 4.39 Å². The van der Waals surface area contributed by atoms with Crippen LogP contribution in [0.5, 0.6) is 0 Å². The van der Waals surface area contributed by atoms with Crippen LogP contribution in [0.1, 0.15) is 88.7 Å². The van der Waals surface area contributed by atoms with Crippen molar-refractivity contribution in [3.05, 3.63) is 46.8 Å². The number of nitrogens with zero attached hydrogens (tertiary/aromatic N) is 3. The molecule has 1 aliphatic carbocycles. The molecule has 0 fully saturated rings. The first-order chi connectivity index (χ1) is 15.7. The minimum atomic E-state index is -3.96. The maximum Gasteiger partial charge on any atom is 0.325 e. The highest BCUT2D eigenvalue weighted by Crippen LogP contribution is 2.40. The SMILES string of the molecule is CCC(C)(CC)c1cc(C(C)(C)F)cc(S(=O)(=O)N(C)C2CCCc3c2cnn3CC(=O)O)c1. The summed E-state index contributed by atoms with van der Waals surface area (Å²) in [6.07, 6.45) is 5.13. The number of hydrogen-bond acceptors (Lipinski definition) is 4. The number of benzene rings is 1. The number of carboxylic acids is 1. The molecule has 2 aromatic rings. The summed E-state index contributed by atoms with van der Waals surface area (Å²) in [6.45, 7) is 8.78. The zero-order chi connectivity index (χ0) is 25.5. The molecule has 0 aliphatic heterocycles. The third-order valence-corrected chi connectivity index (χ3v) is 9.33. The van der Waals surface area contributed by atoms with Gasteiger partial charge in [-0.2, -0.15) is 9.40 Å². The van der Waals surface area contributed by atoms with Crippen LogP contribution in [0, 0.1) is 0 Å². The summed E-state index contributed by atoms with van der Waals surface area (Å²) in [5.74, 6) is -0.998. The first-order valence-corrected chi connectivity index (χ1v) is 13.3. The van der Waals surface area contributed by atoms with Gasteiger partial charge in [-0.1, -0.05) is 26.8 Å². The lowest BCUT2D eigenvalue weighted by Crippen LogP contribution is -2.34. The van der Waals surface area contributed by atoms with Crippen molar-refractivity contribution in [3.63, 3.8) is 0 Å². The number of aromatic nitrogens is 2. The molecular formula is C25H36FN3O4S. The Labute approximate surface area is 202 Å². The number of aliphatic carboxylic acids is 1. The predicted molar refractivity (Wildman–Crippen MR) is 129 cm³/mol. The molecule has 1 heterocycles. The zero-order valence-electron chi connectivity index (χ0n) is 20.9. The number of fused-ring (bicyclic) bond motifs is 1. The van der Waals surface area contributed by atoms with Gasteiger partial charge in [0.05, 0.1) is 17.1 Å². The molecule has 0 bridgehead atoms. The van der Waals surface area contributed by atoms with Crippen molar-refractivity contribution in [1.29, 1.82) is 0 Å². The Morgan fingerprint density at radius 3 is 2.38 bits per heavy atom. The normalized spacial score (nSPS) is 17.1. The van der Waals surface area contributed by atoms with Gasteiger partial charge in [0.1, 0.15) is 12.2 Å². The Balaban J connectivity index is 2.09. The number of carbonyl (C=O) groups is 1. The molecule has 1 aliphatic rings. The molecule has 0 radical (unpaired) electrons. The topological polar surface area (TPSA) is 92.5 Å². The first kappa shape index (κ1) is 26.3. The molecule has 188 valence electrons. The van der Waals surface area contributed by atoms with Gasteiger partial charge < -0.3 is 5.11 Å². The van der Waals surface area contributed by atoms with Crippen LogP contribution in [0.15, 0.2) is 29.3 Å². The van der Waals surface area contributed by atoms with Crippen molar-refractivity contribution in [1.82, 2.24) is 14.1 Å². The number of rotatable bonds is 9. The van der Waals surface area contributed by atoms with Gasteiger partial charge in [0, 0.05) is 18.3 Å². The van der Waals surface area contributed by atoms with E-state index in [2.05, 4.69) is 25.9 Å². The third-order valence-electron chi connectivity index (χ3n) is 7.48. The van der Waals surface area contributed by atoms with Crippen molar-refractivity contribution in [2.75, 3.05) is 7.05 Å². The molecule has 9 heteroatoms. The molecular weight excluding hydrogens is 457 g/mol. The molecule has 0 amide bonds. The van der Waals surface area contributed by atoms with Crippen molar-refractivity contribution >= 4 is 16.0 Å². The molecule has 7 nitrogen and oxygen atoms in total. The number of carboxylic acid groups (broad SMARTS) is 1. The van der Waals surface area contributed by atoms with Crippen LogP contribution >= 0.6 is 0 Å². The molecule has 1 unspecified atom stereocenters. The van der Waals surface area contributed by atoms with E-state index in [-0.39, 0.29) is 16.9 Å². The van der Waals surface area contributed by atoms with E-state index in [0.717, 1.165) is 36.1 Å². The number of hydrogen-bond donors (Lipinski definition) is 1. The fraction of sp³-hybridized carbons (Fsp3) is 0.600. The molecule has 1 atom stereocenters. The summed E-state index contributed by atoms with van der Waals surface area (Å²) < 4.78 is 45.5. The van der Waals surface area contributed by atoms with E-state index in [0.29, 0.717) is 18.4 Å². The fourth-order valence-corrected chi connectivity index (χ4v) is 6.11. The Bertz CT molecular complexity index is 1160. The Morgan fingerprint density at radius 2 is 1.82 bits per heavy atom. The molecule has 34 heavy (non-hydrogen) atoms. The lowest BCUT2D eigenvalue weighted by atomic mass is 9.77. The number of alkyl halides is 1. The van der Waals surface area contributed by atoms with Gasteiger partial charge in [-0.3, -0.25) is 9.48 Å². The van der Waals surface area contributed by atoms with Gasteiger partial charge in [-0.15, -0.1) is 0 Å². The molecule has 1 aromatic heterocycles. The third kappa shape index (κ3) is 4.91. The van der Waals surface area contributed by atoms with E-state index in [1.807, 2.05) is 0 Å². The summed E-state index contributed by atoms with van der Waals surface area (Å²) in [4.78, 5) is 11.3. The first-order valence-electron chi connectivity index (χ1n) is 11.8. The minimum absolute atomic E-state index is 0.0754. The van der Waals surface area contributed by atoms with Crippen molar-refractivity contribution in [2.24, 2.45) is 0 Å². The summed E-state index contributed by atoms with van der Waals surface area (Å²) in [5.41, 5.74) is 0.657. The van der Waals surface area contributed by atoms with Gasteiger partial charge >= 0.3 is 5.97 Å². The number of halogens is 1. The van der Waals surface area contributed by atoms with Crippen molar-refractivity contribution < 1.29 is 22.7 Å². The molecule has 0 saturated carbocycles. The molecule has 3 rings (SSSR count). The zero-order valence-corrected chi connectivity index (χ0v) is 21.7. The summed E-state index contributed by atoms with van der Waals surface area (Å²) in [6, 6.07) is 4.45. The number of sulfonamides is 1. The smallest absolute Gasteiger partial charge is 0.325 e. The lowest BCUT2D eigenvalue weighted by molar-refractivity contribution is -0.137. The highest BCUT2D eigenvalue weighted by Gasteiger charge is 2.36. The van der Waals surface area contributed by atoms with Gasteiger partial charge in [-0.05, 0) is 74.6 Å². The van der Waals surface area contributed by atoms with Crippen molar-refractivity contribution in [2.45, 2.75) is 95.3 Å². The predicted octanol–water partition coefficient (Wildman–Crippen LogP) is 4.95. The molecule has 0 spiro atoms. The Hall–Kier alpha value is -2.26. The van der Waals surface area contributed by atoms with Gasteiger partial charge in [0.2, 0.25) is 10.0 Å². The van der Waals surface area contributed by atoms with Gasteiger partial charge in [0.25, 0.3) is 0 Å². The largest absolute Gasteiger partial charge is 0.480 e. The highest BCUT2D eigenvalue weighted by atomic mass is 32.2. The average molecular weight is 494 g/mol. The summed E-state index contributed by atoms with van der Waals surface area (Å²) in [7, 11) is -2.43. The fourth-order valence-electron chi connectivity index (χ4n) is 4.67. The van der Waals surface area contributed by atoms with E-state index in [1.54, 1.807) is 18.3 Å². The second-order valence-corrected chi connectivity index (χ2v) is 12.0. The van der Waals surface area contributed by atoms with E-state index in [9.17, 15) is 13.2 Å². The molecule has 1 N–H and O–H groups in total. The maximum atomic E-state index is 15.1. The van der Waals surface area contributed by atoms with Crippen LogP contribution in [0.3, 0.4) is 0 Å². The van der Waals surface area contributed by atoms with Crippen molar-refractivity contribution in [3.8, 4) is 0 Å². The quantitative estimate of drug-likeness (QED) is 0.534. The summed E-state index contributed by atoms with van der Waals surface area (Å²) in [5, 5.41) is 13.4. The van der Waals surface area contributed by atoms with Crippen LogP contribution in [-0.4, -0.2) is 40.6 Å². The molecule has 1 aromatic carbocycles. The van der Waals surface area contributed by atoms with Gasteiger partial charge in [-0.25, -0.2) is 12.8 Å². The van der Waals surface area contributed by atoms with E-state index in [1.165, 1.54) is 35.9 Å². The average Bonchev–Trinajstić information content (AvgIpc) is 3.19. The standard InChI is InChI=1S/C25H36FN3O4S/c1-7-25(5,8-2)18-12-17(24(3,4)26)13-19(14-18)34(32,33)28(6)21-10-9-11-22-20(21)15-27-29(22)16-23(30)31/h12-15,21H,7-11,16H2,1-6H3,(H,30,31). The van der Waals surface area contributed by atoms with E-state index < -0.39 is 27.7 Å². The lowest BCUT2D eigenvalue weighted by Gasteiger charge is -2.33. The van der Waals surface area contributed by atoms with Crippen LogP contribution in [0.25, 0.3) is 0 Å². The van der Waals surface area contributed by atoms with E-state index in [4.69, 9.17) is 5.11 Å². The second-order valence-electron chi connectivity index (χ2n) is 10.0. The Morgan fingerprint density at radius 1 is 1.21 bits per heavy atom. The van der Waals surface area contributed by atoms with Crippen LogP contribution in [-0.2, 0) is 38.9 Å². The monoisotopic (exact) mass is 493 g/mol. The van der Waals surface area contributed by atoms with E-state index >= 15 is 4.39 Å². The molecule has 0 saturated heterocycles. The van der Waals surface area contributed by atoms with Crippen LogP contribution < -0.4 is 0 Å². The van der Waals surface area contributed by atoms with Gasteiger partial charge in [0.15, 0.2) is 0 Å². The maximum absolute atomic E-state index is 15.1. The second kappa shape index (κ2) is 9.41. The highest BCUT2D eigenvalue weighted by molar-refractivity contribution is 7.89.